The number of nitrogens with zero attached hydrogens (tertiary/aromatic N) is 3. The topological polar surface area (TPSA) is 88.5 Å². The normalized spacial score (nSPS) is 14.3. The van der Waals surface area contributed by atoms with Gasteiger partial charge in [-0.25, -0.2) is 4.68 Å². The summed E-state index contributed by atoms with van der Waals surface area (Å²) >= 11 is 0. The van der Waals surface area contributed by atoms with Crippen LogP contribution in [0, 0.1) is 0 Å². The number of rotatable bonds is 6. The summed E-state index contributed by atoms with van der Waals surface area (Å²) in [7, 11) is 0. The Labute approximate surface area is 174 Å². The summed E-state index contributed by atoms with van der Waals surface area (Å²) in [6.07, 6.45) is 3.22. The highest BCUT2D eigenvalue weighted by Crippen LogP contribution is 2.15. The van der Waals surface area contributed by atoms with Gasteiger partial charge in [0.1, 0.15) is 0 Å². The Bertz CT molecular complexity index is 995. The van der Waals surface area contributed by atoms with Gasteiger partial charge >= 0.3 is 0 Å². The van der Waals surface area contributed by atoms with Crippen LogP contribution in [0.4, 0.5) is 11.4 Å². The Kier molecular flexibility index (Phi) is 6.17. The summed E-state index contributed by atoms with van der Waals surface area (Å²) in [5.41, 5.74) is 2.66. The second kappa shape index (κ2) is 9.34. The number of amides is 2. The van der Waals surface area contributed by atoms with Crippen molar-refractivity contribution in [1.82, 2.24) is 14.7 Å². The van der Waals surface area contributed by atoms with E-state index in [-0.39, 0.29) is 11.8 Å². The van der Waals surface area contributed by atoms with Gasteiger partial charge < -0.3 is 15.4 Å². The fourth-order valence-corrected chi connectivity index (χ4v) is 3.17. The predicted molar refractivity (Wildman–Crippen MR) is 114 cm³/mol. The maximum Gasteiger partial charge on any atom is 0.258 e. The number of carbonyl (C=O) groups is 2. The number of ether oxygens (including phenoxy) is 1. The Morgan fingerprint density at radius 3 is 2.30 bits per heavy atom. The summed E-state index contributed by atoms with van der Waals surface area (Å²) in [4.78, 5) is 26.7. The Hall–Kier alpha value is -3.49. The SMILES string of the molecule is O=C(CN1CCOCC1)Nc1ccc(NC(=O)c2cnn(-c3ccccc3)c2)cc1. The van der Waals surface area contributed by atoms with Crippen molar-refractivity contribution in [3.63, 3.8) is 0 Å². The molecular formula is C22H23N5O3. The number of anilines is 2. The van der Waals surface area contributed by atoms with E-state index < -0.39 is 0 Å². The maximum atomic E-state index is 12.5. The lowest BCUT2D eigenvalue weighted by Gasteiger charge is -2.25. The average Bonchev–Trinajstić information content (AvgIpc) is 3.27. The van der Waals surface area contributed by atoms with E-state index >= 15 is 0 Å². The van der Waals surface area contributed by atoms with Crippen LogP contribution in [0.3, 0.4) is 0 Å². The van der Waals surface area contributed by atoms with Gasteiger partial charge in [-0.1, -0.05) is 18.2 Å². The Morgan fingerprint density at radius 1 is 0.933 bits per heavy atom. The lowest BCUT2D eigenvalue weighted by Crippen LogP contribution is -2.41. The summed E-state index contributed by atoms with van der Waals surface area (Å²) in [6, 6.07) is 16.6. The van der Waals surface area contributed by atoms with Crippen molar-refractivity contribution >= 4 is 23.2 Å². The van der Waals surface area contributed by atoms with Gasteiger partial charge in [0.05, 0.1) is 37.2 Å². The van der Waals surface area contributed by atoms with Crippen LogP contribution in [0.5, 0.6) is 0 Å². The standard InChI is InChI=1S/C22H23N5O3/c28-21(16-26-10-12-30-13-11-26)24-18-6-8-19(9-7-18)25-22(29)17-14-23-27(15-17)20-4-2-1-3-5-20/h1-9,14-15H,10-13,16H2,(H,24,28)(H,25,29). The molecule has 30 heavy (non-hydrogen) atoms. The van der Waals surface area contributed by atoms with Crippen LogP contribution >= 0.6 is 0 Å². The van der Waals surface area contributed by atoms with Crippen LogP contribution in [-0.2, 0) is 9.53 Å². The van der Waals surface area contributed by atoms with Gasteiger partial charge in [-0.15, -0.1) is 0 Å². The van der Waals surface area contributed by atoms with E-state index in [4.69, 9.17) is 4.74 Å². The van der Waals surface area contributed by atoms with Crippen molar-refractivity contribution in [2.45, 2.75) is 0 Å². The predicted octanol–water partition coefficient (Wildman–Crippen LogP) is 2.40. The highest BCUT2D eigenvalue weighted by atomic mass is 16.5. The van der Waals surface area contributed by atoms with Crippen LogP contribution < -0.4 is 10.6 Å². The molecule has 3 aromatic rings. The van der Waals surface area contributed by atoms with E-state index in [2.05, 4.69) is 20.6 Å². The molecule has 1 aromatic heterocycles. The van der Waals surface area contributed by atoms with E-state index in [1.807, 2.05) is 30.3 Å². The molecule has 0 atom stereocenters. The molecule has 0 spiro atoms. The number of morpholine rings is 1. The molecule has 4 rings (SSSR count). The molecule has 154 valence electrons. The number of hydrogen-bond acceptors (Lipinski definition) is 5. The third kappa shape index (κ3) is 5.11. The molecule has 8 heteroatoms. The van der Waals surface area contributed by atoms with Gasteiger partial charge in [0.2, 0.25) is 5.91 Å². The zero-order valence-corrected chi connectivity index (χ0v) is 16.5. The van der Waals surface area contributed by atoms with E-state index in [0.29, 0.717) is 36.7 Å². The summed E-state index contributed by atoms with van der Waals surface area (Å²) < 4.78 is 6.94. The molecule has 8 nitrogen and oxygen atoms in total. The van der Waals surface area contributed by atoms with Crippen molar-refractivity contribution in [2.24, 2.45) is 0 Å². The van der Waals surface area contributed by atoms with E-state index in [1.54, 1.807) is 35.1 Å². The molecule has 2 aromatic carbocycles. The van der Waals surface area contributed by atoms with Gasteiger partial charge in [-0.3, -0.25) is 14.5 Å². The fourth-order valence-electron chi connectivity index (χ4n) is 3.17. The average molecular weight is 405 g/mol. The van der Waals surface area contributed by atoms with E-state index in [9.17, 15) is 9.59 Å². The Balaban J connectivity index is 1.31. The molecular weight excluding hydrogens is 382 g/mol. The molecule has 1 saturated heterocycles. The minimum atomic E-state index is -0.249. The van der Waals surface area contributed by atoms with Gasteiger partial charge in [-0.05, 0) is 36.4 Å². The molecule has 2 heterocycles. The largest absolute Gasteiger partial charge is 0.379 e. The minimum absolute atomic E-state index is 0.0676. The highest BCUT2D eigenvalue weighted by Gasteiger charge is 2.14. The summed E-state index contributed by atoms with van der Waals surface area (Å²) in [6.45, 7) is 3.18. The van der Waals surface area contributed by atoms with Crippen LogP contribution in [0.1, 0.15) is 10.4 Å². The van der Waals surface area contributed by atoms with Gasteiger partial charge in [-0.2, -0.15) is 5.10 Å². The second-order valence-corrected chi connectivity index (χ2v) is 6.98. The number of carbonyl (C=O) groups excluding carboxylic acids is 2. The first kappa shape index (κ1) is 19.8. The lowest BCUT2D eigenvalue weighted by molar-refractivity contribution is -0.118. The van der Waals surface area contributed by atoms with Crippen molar-refractivity contribution in [3.8, 4) is 5.69 Å². The number of nitrogens with one attached hydrogen (secondary N) is 2. The molecule has 0 radical (unpaired) electrons. The maximum absolute atomic E-state index is 12.5. The number of benzene rings is 2. The third-order valence-electron chi connectivity index (χ3n) is 4.76. The van der Waals surface area contributed by atoms with Crippen molar-refractivity contribution in [3.05, 3.63) is 72.6 Å². The van der Waals surface area contributed by atoms with Crippen LogP contribution in [0.15, 0.2) is 67.0 Å². The zero-order valence-electron chi connectivity index (χ0n) is 16.5. The molecule has 0 aliphatic carbocycles. The molecule has 1 aliphatic heterocycles. The fraction of sp³-hybridized carbons (Fsp3) is 0.227. The van der Waals surface area contributed by atoms with Crippen LogP contribution in [0.2, 0.25) is 0 Å². The first-order valence-electron chi connectivity index (χ1n) is 9.79. The molecule has 0 bridgehead atoms. The number of hydrogen-bond donors (Lipinski definition) is 2. The van der Waals surface area contributed by atoms with E-state index in [0.717, 1.165) is 18.8 Å². The lowest BCUT2D eigenvalue weighted by atomic mass is 10.2. The van der Waals surface area contributed by atoms with Gasteiger partial charge in [0, 0.05) is 30.7 Å². The van der Waals surface area contributed by atoms with Gasteiger partial charge in [0.15, 0.2) is 0 Å². The first-order valence-corrected chi connectivity index (χ1v) is 9.79. The quantitative estimate of drug-likeness (QED) is 0.658. The molecule has 2 amide bonds. The molecule has 1 fully saturated rings. The number of para-hydroxylation sites is 1. The van der Waals surface area contributed by atoms with Crippen molar-refractivity contribution in [2.75, 3.05) is 43.5 Å². The zero-order chi connectivity index (χ0) is 20.8. The highest BCUT2D eigenvalue weighted by molar-refractivity contribution is 6.04. The minimum Gasteiger partial charge on any atom is -0.379 e. The van der Waals surface area contributed by atoms with E-state index in [1.165, 1.54) is 6.20 Å². The molecule has 2 N–H and O–H groups in total. The molecule has 0 saturated carbocycles. The van der Waals surface area contributed by atoms with Crippen LogP contribution in [0.25, 0.3) is 5.69 Å². The first-order chi connectivity index (χ1) is 14.7. The molecule has 0 unspecified atom stereocenters. The van der Waals surface area contributed by atoms with Crippen LogP contribution in [-0.4, -0.2) is 59.3 Å². The smallest absolute Gasteiger partial charge is 0.258 e. The van der Waals surface area contributed by atoms with Gasteiger partial charge in [0.25, 0.3) is 5.91 Å². The monoisotopic (exact) mass is 405 g/mol. The molecule has 1 aliphatic rings. The van der Waals surface area contributed by atoms with Crippen molar-refractivity contribution < 1.29 is 14.3 Å². The van der Waals surface area contributed by atoms with Crippen molar-refractivity contribution in [1.29, 1.82) is 0 Å². The second-order valence-electron chi connectivity index (χ2n) is 6.98. The number of aromatic nitrogens is 2. The summed E-state index contributed by atoms with van der Waals surface area (Å²) in [5.74, 6) is -0.316. The third-order valence-corrected chi connectivity index (χ3v) is 4.76. The Morgan fingerprint density at radius 2 is 1.60 bits per heavy atom. The summed E-state index contributed by atoms with van der Waals surface area (Å²) in [5, 5.41) is 9.96.